The molecule has 0 amide bonds. The Labute approximate surface area is 95.3 Å². The maximum absolute atomic E-state index is 11.3. The van der Waals surface area contributed by atoms with Gasteiger partial charge in [-0.1, -0.05) is 38.1 Å². The van der Waals surface area contributed by atoms with Crippen LogP contribution >= 0.6 is 0 Å². The maximum Gasteiger partial charge on any atom is 0.308 e. The van der Waals surface area contributed by atoms with E-state index < -0.39 is 5.97 Å². The molecule has 0 aliphatic heterocycles. The summed E-state index contributed by atoms with van der Waals surface area (Å²) in [6.07, 6.45) is 2.03. The maximum atomic E-state index is 11.3. The molecule has 2 aliphatic rings. The van der Waals surface area contributed by atoms with Crippen molar-refractivity contribution < 1.29 is 9.90 Å². The number of carboxylic acid groups (broad SMARTS) is 1. The van der Waals surface area contributed by atoms with Gasteiger partial charge in [0, 0.05) is 5.41 Å². The van der Waals surface area contributed by atoms with E-state index in [2.05, 4.69) is 26.0 Å². The number of carbonyl (C=O) groups is 1. The molecule has 3 rings (SSSR count). The summed E-state index contributed by atoms with van der Waals surface area (Å²) < 4.78 is 0. The van der Waals surface area contributed by atoms with Gasteiger partial charge in [-0.15, -0.1) is 0 Å². The molecule has 16 heavy (non-hydrogen) atoms. The lowest BCUT2D eigenvalue weighted by Gasteiger charge is -2.14. The van der Waals surface area contributed by atoms with Crippen LogP contribution in [-0.4, -0.2) is 11.1 Å². The molecule has 2 aliphatic carbocycles. The highest BCUT2D eigenvalue weighted by molar-refractivity contribution is 5.80. The first-order valence-corrected chi connectivity index (χ1v) is 5.83. The number of aryl methyl sites for hydroxylation is 1. The number of hydrogen-bond acceptors (Lipinski definition) is 1. The molecule has 84 valence electrons. The van der Waals surface area contributed by atoms with Crippen molar-refractivity contribution in [3.8, 4) is 0 Å². The van der Waals surface area contributed by atoms with E-state index in [1.54, 1.807) is 0 Å². The fraction of sp³-hybridized carbons (Fsp3) is 0.500. The van der Waals surface area contributed by atoms with Crippen LogP contribution in [-0.2, 0) is 16.6 Å². The highest BCUT2D eigenvalue weighted by Crippen LogP contribution is 2.73. The fourth-order valence-electron chi connectivity index (χ4n) is 3.98. The third kappa shape index (κ3) is 0.868. The van der Waals surface area contributed by atoms with E-state index >= 15 is 0 Å². The van der Waals surface area contributed by atoms with Crippen LogP contribution < -0.4 is 0 Å². The molecule has 0 saturated heterocycles. The minimum absolute atomic E-state index is 0.0879. The predicted molar refractivity (Wildman–Crippen MR) is 61.3 cm³/mol. The molecule has 1 spiro atoms. The summed E-state index contributed by atoms with van der Waals surface area (Å²) in [6, 6.07) is 8.33. The van der Waals surface area contributed by atoms with Gasteiger partial charge in [0.2, 0.25) is 0 Å². The van der Waals surface area contributed by atoms with Gasteiger partial charge in [-0.25, -0.2) is 0 Å². The topological polar surface area (TPSA) is 37.3 Å². The normalized spacial score (nSPS) is 33.8. The van der Waals surface area contributed by atoms with Crippen LogP contribution in [0.4, 0.5) is 0 Å². The second-order valence-electron chi connectivity index (χ2n) is 5.62. The number of hydrogen-bond donors (Lipinski definition) is 1. The number of benzene rings is 1. The molecule has 1 aromatic carbocycles. The minimum Gasteiger partial charge on any atom is -0.481 e. The quantitative estimate of drug-likeness (QED) is 0.783. The van der Waals surface area contributed by atoms with Crippen LogP contribution in [0.15, 0.2) is 24.3 Å². The van der Waals surface area contributed by atoms with Gasteiger partial charge in [-0.2, -0.15) is 0 Å². The van der Waals surface area contributed by atoms with Crippen molar-refractivity contribution >= 4 is 5.97 Å². The van der Waals surface area contributed by atoms with Gasteiger partial charge >= 0.3 is 5.97 Å². The van der Waals surface area contributed by atoms with Gasteiger partial charge in [0.25, 0.3) is 0 Å². The summed E-state index contributed by atoms with van der Waals surface area (Å²) in [6.45, 7) is 4.18. The van der Waals surface area contributed by atoms with E-state index in [1.807, 2.05) is 12.1 Å². The monoisotopic (exact) mass is 216 g/mol. The summed E-state index contributed by atoms with van der Waals surface area (Å²) in [5.41, 5.74) is 2.45. The summed E-state index contributed by atoms with van der Waals surface area (Å²) in [7, 11) is 0. The molecule has 1 N–H and O–H groups in total. The summed E-state index contributed by atoms with van der Waals surface area (Å²) >= 11 is 0. The second kappa shape index (κ2) is 2.68. The first-order valence-electron chi connectivity index (χ1n) is 5.83. The third-order valence-corrected chi connectivity index (χ3v) is 4.81. The van der Waals surface area contributed by atoms with Gasteiger partial charge in [-0.05, 0) is 29.4 Å². The average molecular weight is 216 g/mol. The van der Waals surface area contributed by atoms with Crippen molar-refractivity contribution in [3.05, 3.63) is 35.4 Å². The van der Waals surface area contributed by atoms with E-state index in [9.17, 15) is 9.90 Å². The number of carboxylic acids is 1. The van der Waals surface area contributed by atoms with Crippen molar-refractivity contribution in [2.45, 2.75) is 32.1 Å². The van der Waals surface area contributed by atoms with E-state index in [1.165, 1.54) is 11.1 Å². The molecule has 1 saturated carbocycles. The van der Waals surface area contributed by atoms with Crippen LogP contribution in [0.3, 0.4) is 0 Å². The summed E-state index contributed by atoms with van der Waals surface area (Å²) in [4.78, 5) is 11.3. The molecule has 2 unspecified atom stereocenters. The zero-order valence-corrected chi connectivity index (χ0v) is 9.66. The van der Waals surface area contributed by atoms with Crippen LogP contribution in [0, 0.1) is 11.3 Å². The molecule has 0 radical (unpaired) electrons. The zero-order chi connectivity index (χ0) is 11.6. The van der Waals surface area contributed by atoms with E-state index in [0.29, 0.717) is 0 Å². The number of rotatable bonds is 1. The van der Waals surface area contributed by atoms with Gasteiger partial charge in [-0.3, -0.25) is 4.79 Å². The minimum atomic E-state index is -0.637. The molecule has 2 atom stereocenters. The molecular weight excluding hydrogens is 200 g/mol. The van der Waals surface area contributed by atoms with E-state index in [4.69, 9.17) is 0 Å². The lowest BCUT2D eigenvalue weighted by Crippen LogP contribution is -2.12. The van der Waals surface area contributed by atoms with Crippen LogP contribution in [0.25, 0.3) is 0 Å². The summed E-state index contributed by atoms with van der Waals surface area (Å²) in [5.74, 6) is -0.842. The van der Waals surface area contributed by atoms with Gasteiger partial charge < -0.3 is 5.11 Å². The first-order chi connectivity index (χ1) is 7.52. The Balaban J connectivity index is 2.14. The smallest absolute Gasteiger partial charge is 0.308 e. The van der Waals surface area contributed by atoms with Crippen LogP contribution in [0.2, 0.25) is 0 Å². The Bertz CT molecular complexity index is 475. The van der Waals surface area contributed by atoms with Crippen molar-refractivity contribution in [2.75, 3.05) is 0 Å². The molecule has 2 nitrogen and oxygen atoms in total. The van der Waals surface area contributed by atoms with Gasteiger partial charge in [0.15, 0.2) is 0 Å². The Hall–Kier alpha value is -1.31. The lowest BCUT2D eigenvalue weighted by molar-refractivity contribution is -0.139. The van der Waals surface area contributed by atoms with E-state index in [0.717, 1.165) is 12.8 Å². The molecule has 0 heterocycles. The Morgan fingerprint density at radius 2 is 2.06 bits per heavy atom. The lowest BCUT2D eigenvalue weighted by atomic mass is 9.89. The molecule has 0 bridgehead atoms. The predicted octanol–water partition coefficient (Wildman–Crippen LogP) is 2.61. The van der Waals surface area contributed by atoms with Crippen molar-refractivity contribution in [1.29, 1.82) is 0 Å². The Kier molecular flexibility index (Phi) is 1.65. The SMILES string of the molecule is CC1(C)C(C(=O)O)C12CCc1ccccc12. The largest absolute Gasteiger partial charge is 0.481 e. The standard InChI is InChI=1S/C14H16O2/c1-13(2)11(12(15)16)14(13)8-7-9-5-3-4-6-10(9)14/h3-6,11H,7-8H2,1-2H3,(H,15,16). The molecule has 2 heteroatoms. The third-order valence-electron chi connectivity index (χ3n) is 4.81. The second-order valence-corrected chi connectivity index (χ2v) is 5.62. The van der Waals surface area contributed by atoms with E-state index in [-0.39, 0.29) is 16.7 Å². The highest BCUT2D eigenvalue weighted by atomic mass is 16.4. The van der Waals surface area contributed by atoms with Gasteiger partial charge in [0.05, 0.1) is 5.92 Å². The van der Waals surface area contributed by atoms with Crippen molar-refractivity contribution in [2.24, 2.45) is 11.3 Å². The molecule has 0 aromatic heterocycles. The zero-order valence-electron chi connectivity index (χ0n) is 9.66. The Morgan fingerprint density at radius 3 is 2.69 bits per heavy atom. The molecule has 1 aromatic rings. The van der Waals surface area contributed by atoms with Gasteiger partial charge in [0.1, 0.15) is 0 Å². The van der Waals surface area contributed by atoms with Crippen LogP contribution in [0.5, 0.6) is 0 Å². The molecule has 1 fully saturated rings. The first kappa shape index (κ1) is 9.88. The fourth-order valence-corrected chi connectivity index (χ4v) is 3.98. The van der Waals surface area contributed by atoms with Crippen molar-refractivity contribution in [3.63, 3.8) is 0 Å². The highest BCUT2D eigenvalue weighted by Gasteiger charge is 2.76. The summed E-state index contributed by atoms with van der Waals surface area (Å²) in [5, 5.41) is 9.34. The van der Waals surface area contributed by atoms with Crippen molar-refractivity contribution in [1.82, 2.24) is 0 Å². The molecular formula is C14H16O2. The number of aliphatic carboxylic acids is 1. The average Bonchev–Trinajstić information content (AvgIpc) is 2.52. The Morgan fingerprint density at radius 1 is 1.38 bits per heavy atom. The van der Waals surface area contributed by atoms with Crippen LogP contribution in [0.1, 0.15) is 31.4 Å². The number of fused-ring (bicyclic) bond motifs is 2.